The molecule has 0 spiro atoms. The van der Waals surface area contributed by atoms with E-state index in [4.69, 9.17) is 18.0 Å². The lowest BCUT2D eigenvalue weighted by molar-refractivity contribution is 0.0821. The van der Waals surface area contributed by atoms with Gasteiger partial charge in [0.1, 0.15) is 4.99 Å². The van der Waals surface area contributed by atoms with E-state index in [0.29, 0.717) is 16.9 Å². The van der Waals surface area contributed by atoms with Gasteiger partial charge in [0.25, 0.3) is 5.91 Å². The summed E-state index contributed by atoms with van der Waals surface area (Å²) in [6, 6.07) is 3.35. The van der Waals surface area contributed by atoms with Gasteiger partial charge in [-0.05, 0) is 12.1 Å². The number of carbonyl (C=O) groups excluding carboxylic acids is 1. The molecule has 0 saturated heterocycles. The summed E-state index contributed by atoms with van der Waals surface area (Å²) in [7, 11) is 3.34. The number of nitrogens with zero attached hydrogens (tertiary/aromatic N) is 4. The number of nitrogens with two attached hydrogens (primary N) is 1. The van der Waals surface area contributed by atoms with Gasteiger partial charge in [-0.1, -0.05) is 12.2 Å². The number of thiocarbonyl (C=S) groups is 1. The van der Waals surface area contributed by atoms with Gasteiger partial charge < -0.3 is 10.6 Å². The molecule has 19 heavy (non-hydrogen) atoms. The molecule has 0 aliphatic rings. The van der Waals surface area contributed by atoms with E-state index < -0.39 is 0 Å². The van der Waals surface area contributed by atoms with Gasteiger partial charge in [0.15, 0.2) is 5.69 Å². The van der Waals surface area contributed by atoms with Gasteiger partial charge in [0.05, 0.1) is 11.9 Å². The van der Waals surface area contributed by atoms with Crippen LogP contribution in [-0.2, 0) is 0 Å². The third kappa shape index (κ3) is 2.60. The molecule has 0 atom stereocenters. The van der Waals surface area contributed by atoms with Gasteiger partial charge in [0, 0.05) is 32.1 Å². The Labute approximate surface area is 115 Å². The molecular formula is C12H13N5OS. The molecule has 0 radical (unpaired) electrons. The van der Waals surface area contributed by atoms with Crippen molar-refractivity contribution in [1.82, 2.24) is 19.7 Å². The number of pyridine rings is 1. The van der Waals surface area contributed by atoms with Gasteiger partial charge in [-0.2, -0.15) is 5.10 Å². The van der Waals surface area contributed by atoms with Crippen LogP contribution in [0.15, 0.2) is 30.7 Å². The average Bonchev–Trinajstić information content (AvgIpc) is 2.87. The Bertz CT molecular complexity index is 635. The molecule has 0 saturated carbocycles. The zero-order valence-electron chi connectivity index (χ0n) is 10.6. The lowest BCUT2D eigenvalue weighted by atomic mass is 10.2. The fraction of sp³-hybridized carbons (Fsp3) is 0.167. The van der Waals surface area contributed by atoms with Crippen LogP contribution in [0, 0.1) is 0 Å². The Balaban J connectivity index is 2.44. The maximum absolute atomic E-state index is 11.8. The molecule has 2 heterocycles. The molecule has 0 bridgehead atoms. The summed E-state index contributed by atoms with van der Waals surface area (Å²) in [6.07, 6.45) is 4.88. The predicted molar refractivity (Wildman–Crippen MR) is 75.3 cm³/mol. The highest BCUT2D eigenvalue weighted by atomic mass is 32.1. The Morgan fingerprint density at radius 3 is 2.79 bits per heavy atom. The topological polar surface area (TPSA) is 77.0 Å². The number of carbonyl (C=O) groups is 1. The molecule has 7 heteroatoms. The van der Waals surface area contributed by atoms with Crippen LogP contribution in [0.2, 0.25) is 0 Å². The minimum Gasteiger partial charge on any atom is -0.389 e. The van der Waals surface area contributed by atoms with Gasteiger partial charge in [-0.15, -0.1) is 0 Å². The first-order valence-electron chi connectivity index (χ1n) is 5.52. The maximum Gasteiger partial charge on any atom is 0.273 e. The molecule has 2 N–H and O–H groups in total. The first-order chi connectivity index (χ1) is 9.00. The molecule has 98 valence electrons. The van der Waals surface area contributed by atoms with Gasteiger partial charge in [0.2, 0.25) is 0 Å². The summed E-state index contributed by atoms with van der Waals surface area (Å²) < 4.78 is 1.54. The third-order valence-electron chi connectivity index (χ3n) is 2.53. The zero-order chi connectivity index (χ0) is 14.0. The van der Waals surface area contributed by atoms with E-state index in [-0.39, 0.29) is 10.9 Å². The van der Waals surface area contributed by atoms with Crippen LogP contribution in [0.1, 0.15) is 16.1 Å². The van der Waals surface area contributed by atoms with Crippen LogP contribution in [0.25, 0.3) is 5.69 Å². The van der Waals surface area contributed by atoms with Crippen LogP contribution < -0.4 is 5.73 Å². The second-order valence-corrected chi connectivity index (χ2v) is 4.54. The normalized spacial score (nSPS) is 10.2. The molecule has 0 unspecified atom stereocenters. The van der Waals surface area contributed by atoms with Crippen molar-refractivity contribution in [1.29, 1.82) is 0 Å². The second kappa shape index (κ2) is 5.15. The molecule has 0 aromatic carbocycles. The highest BCUT2D eigenvalue weighted by Crippen LogP contribution is 2.13. The highest BCUT2D eigenvalue weighted by Gasteiger charge is 2.14. The van der Waals surface area contributed by atoms with Crippen molar-refractivity contribution in [3.63, 3.8) is 0 Å². The lowest BCUT2D eigenvalue weighted by Gasteiger charge is -2.08. The molecule has 6 nitrogen and oxygen atoms in total. The number of hydrogen-bond acceptors (Lipinski definition) is 4. The first-order valence-corrected chi connectivity index (χ1v) is 5.93. The molecule has 1 amide bonds. The van der Waals surface area contributed by atoms with Gasteiger partial charge >= 0.3 is 0 Å². The van der Waals surface area contributed by atoms with Crippen molar-refractivity contribution >= 4 is 23.1 Å². The van der Waals surface area contributed by atoms with Crippen molar-refractivity contribution < 1.29 is 4.79 Å². The minimum absolute atomic E-state index is 0.167. The van der Waals surface area contributed by atoms with Gasteiger partial charge in [-0.25, -0.2) is 4.68 Å². The number of rotatable bonds is 3. The number of amides is 1. The molecule has 0 aliphatic carbocycles. The number of aromatic nitrogens is 3. The molecule has 0 aliphatic heterocycles. The largest absolute Gasteiger partial charge is 0.389 e. The highest BCUT2D eigenvalue weighted by molar-refractivity contribution is 7.80. The first kappa shape index (κ1) is 13.2. The van der Waals surface area contributed by atoms with Crippen molar-refractivity contribution in [2.45, 2.75) is 0 Å². The molecule has 2 rings (SSSR count). The van der Waals surface area contributed by atoms with Crippen molar-refractivity contribution in [3.8, 4) is 5.69 Å². The van der Waals surface area contributed by atoms with E-state index in [1.807, 2.05) is 0 Å². The fourth-order valence-corrected chi connectivity index (χ4v) is 1.75. The smallest absolute Gasteiger partial charge is 0.273 e. The van der Waals surface area contributed by atoms with Crippen LogP contribution in [-0.4, -0.2) is 44.7 Å². The van der Waals surface area contributed by atoms with E-state index in [1.165, 1.54) is 9.58 Å². The Hall–Kier alpha value is -2.28. The van der Waals surface area contributed by atoms with Crippen molar-refractivity contribution in [3.05, 3.63) is 42.0 Å². The second-order valence-electron chi connectivity index (χ2n) is 4.10. The Morgan fingerprint density at radius 1 is 1.42 bits per heavy atom. The standard InChI is InChI=1S/C12H13N5OS/c1-16(2)12(18)9-4-6-17(15-9)10-7-14-5-3-8(10)11(13)19/h3-7H,1-2H3,(H2,13,19). The summed E-state index contributed by atoms with van der Waals surface area (Å²) in [6.45, 7) is 0. The predicted octanol–water partition coefficient (Wildman–Crippen LogP) is 0.603. The third-order valence-corrected chi connectivity index (χ3v) is 2.75. The summed E-state index contributed by atoms with van der Waals surface area (Å²) in [5.74, 6) is -0.167. The molecule has 2 aromatic heterocycles. The van der Waals surface area contributed by atoms with E-state index >= 15 is 0 Å². The average molecular weight is 275 g/mol. The molecule has 2 aromatic rings. The number of hydrogen-bond donors (Lipinski definition) is 1. The van der Waals surface area contributed by atoms with Crippen molar-refractivity contribution in [2.24, 2.45) is 5.73 Å². The van der Waals surface area contributed by atoms with Crippen LogP contribution in [0.4, 0.5) is 0 Å². The lowest BCUT2D eigenvalue weighted by Crippen LogP contribution is -2.22. The van der Waals surface area contributed by atoms with Crippen LogP contribution in [0.3, 0.4) is 0 Å². The monoisotopic (exact) mass is 275 g/mol. The quantitative estimate of drug-likeness (QED) is 0.830. The molecule has 0 fully saturated rings. The summed E-state index contributed by atoms with van der Waals surface area (Å²) in [4.78, 5) is 17.5. The zero-order valence-corrected chi connectivity index (χ0v) is 11.4. The van der Waals surface area contributed by atoms with Crippen LogP contribution in [0.5, 0.6) is 0 Å². The van der Waals surface area contributed by atoms with E-state index in [9.17, 15) is 4.79 Å². The summed E-state index contributed by atoms with van der Waals surface area (Å²) >= 11 is 4.98. The van der Waals surface area contributed by atoms with Gasteiger partial charge in [-0.3, -0.25) is 9.78 Å². The minimum atomic E-state index is -0.167. The van der Waals surface area contributed by atoms with Crippen molar-refractivity contribution in [2.75, 3.05) is 14.1 Å². The fourth-order valence-electron chi connectivity index (χ4n) is 1.58. The Kier molecular flexibility index (Phi) is 3.57. The maximum atomic E-state index is 11.8. The SMILES string of the molecule is CN(C)C(=O)c1ccn(-c2cnccc2C(N)=S)n1. The van der Waals surface area contributed by atoms with E-state index in [2.05, 4.69) is 10.1 Å². The Morgan fingerprint density at radius 2 is 2.16 bits per heavy atom. The molecular weight excluding hydrogens is 262 g/mol. The van der Waals surface area contributed by atoms with E-state index in [0.717, 1.165) is 0 Å². The summed E-state index contributed by atoms with van der Waals surface area (Å²) in [5.41, 5.74) is 7.31. The van der Waals surface area contributed by atoms with E-state index in [1.54, 1.807) is 44.8 Å². The van der Waals surface area contributed by atoms with Crippen LogP contribution >= 0.6 is 12.2 Å². The summed E-state index contributed by atoms with van der Waals surface area (Å²) in [5, 5.41) is 4.22.